The van der Waals surface area contributed by atoms with Crippen molar-refractivity contribution in [1.82, 2.24) is 0 Å². The van der Waals surface area contributed by atoms with Gasteiger partial charge in [0.25, 0.3) is 0 Å². The van der Waals surface area contributed by atoms with Gasteiger partial charge < -0.3 is 5.11 Å². The molecule has 1 nitrogen and oxygen atoms in total. The molecule has 1 aliphatic rings. The van der Waals surface area contributed by atoms with Crippen LogP contribution in [0.15, 0.2) is 18.2 Å². The lowest BCUT2D eigenvalue weighted by Crippen LogP contribution is -2.09. The molecule has 5 heteroatoms. The molecular formula is C15H19F3OS. The minimum Gasteiger partial charge on any atom is -0.388 e. The second kappa shape index (κ2) is 6.39. The Morgan fingerprint density at radius 1 is 1.30 bits per heavy atom. The van der Waals surface area contributed by atoms with E-state index >= 15 is 0 Å². The number of thioether (sulfide) groups is 1. The molecule has 0 aliphatic heterocycles. The van der Waals surface area contributed by atoms with Crippen molar-refractivity contribution >= 4 is 11.8 Å². The lowest BCUT2D eigenvalue weighted by Gasteiger charge is -2.17. The maximum absolute atomic E-state index is 12.6. The van der Waals surface area contributed by atoms with Crippen LogP contribution in [-0.4, -0.2) is 16.1 Å². The number of hydrogen-bond acceptors (Lipinski definition) is 2. The highest BCUT2D eigenvalue weighted by molar-refractivity contribution is 7.99. The minimum absolute atomic E-state index is 0.499. The van der Waals surface area contributed by atoms with E-state index in [1.54, 1.807) is 18.7 Å². The van der Waals surface area contributed by atoms with Crippen LogP contribution in [0.1, 0.15) is 48.5 Å². The van der Waals surface area contributed by atoms with Gasteiger partial charge in [0, 0.05) is 11.0 Å². The number of halogens is 3. The first-order chi connectivity index (χ1) is 9.38. The predicted octanol–water partition coefficient (Wildman–Crippen LogP) is 4.72. The zero-order valence-corrected chi connectivity index (χ0v) is 12.2. The molecular weight excluding hydrogens is 285 g/mol. The van der Waals surface area contributed by atoms with Crippen molar-refractivity contribution in [3.8, 4) is 0 Å². The van der Waals surface area contributed by atoms with Gasteiger partial charge in [-0.2, -0.15) is 24.9 Å². The summed E-state index contributed by atoms with van der Waals surface area (Å²) in [5.74, 6) is 0.552. The topological polar surface area (TPSA) is 20.2 Å². The molecule has 0 saturated heterocycles. The summed E-state index contributed by atoms with van der Waals surface area (Å²) < 4.78 is 37.8. The summed E-state index contributed by atoms with van der Waals surface area (Å²) in [5, 5.41) is 10.7. The number of hydrogen-bond donors (Lipinski definition) is 1. The summed E-state index contributed by atoms with van der Waals surface area (Å²) in [7, 11) is 0. The van der Waals surface area contributed by atoms with Crippen LogP contribution in [0.3, 0.4) is 0 Å². The second-order valence-electron chi connectivity index (χ2n) is 5.32. The zero-order valence-electron chi connectivity index (χ0n) is 11.4. The van der Waals surface area contributed by atoms with E-state index in [2.05, 4.69) is 0 Å². The summed E-state index contributed by atoms with van der Waals surface area (Å²) in [6, 6.07) is 3.56. The zero-order chi connectivity index (χ0) is 14.8. The standard InChI is InChI=1S/C15H19F3OS/c1-10-8-11(15(16,17)18)6-7-13(10)14(19)9-20-12-4-2-3-5-12/h6-8,12,14,19H,2-5,9H2,1H3. The number of aryl methyl sites for hydroxylation is 1. The van der Waals surface area contributed by atoms with Gasteiger partial charge in [-0.15, -0.1) is 0 Å². The van der Waals surface area contributed by atoms with Crippen molar-refractivity contribution in [3.05, 3.63) is 34.9 Å². The molecule has 0 amide bonds. The second-order valence-corrected chi connectivity index (χ2v) is 6.66. The number of alkyl halides is 3. The van der Waals surface area contributed by atoms with Crippen molar-refractivity contribution < 1.29 is 18.3 Å². The molecule has 1 aromatic carbocycles. The van der Waals surface area contributed by atoms with Crippen molar-refractivity contribution in [1.29, 1.82) is 0 Å². The molecule has 2 rings (SSSR count). The molecule has 1 saturated carbocycles. The Labute approximate surface area is 121 Å². The molecule has 1 N–H and O–H groups in total. The first-order valence-corrected chi connectivity index (χ1v) is 7.90. The molecule has 20 heavy (non-hydrogen) atoms. The molecule has 0 heterocycles. The van der Waals surface area contributed by atoms with E-state index in [4.69, 9.17) is 0 Å². The van der Waals surface area contributed by atoms with E-state index in [1.807, 2.05) is 0 Å². The fourth-order valence-corrected chi connectivity index (χ4v) is 3.90. The third-order valence-corrected chi connectivity index (χ3v) is 5.20. The molecule has 1 unspecified atom stereocenters. The molecule has 1 atom stereocenters. The first-order valence-electron chi connectivity index (χ1n) is 6.85. The first kappa shape index (κ1) is 15.7. The highest BCUT2D eigenvalue weighted by atomic mass is 32.2. The summed E-state index contributed by atoms with van der Waals surface area (Å²) in [4.78, 5) is 0. The molecule has 0 aromatic heterocycles. The van der Waals surface area contributed by atoms with Gasteiger partial charge in [0.1, 0.15) is 0 Å². The Kier molecular flexibility index (Phi) is 5.02. The third kappa shape index (κ3) is 3.92. The largest absolute Gasteiger partial charge is 0.416 e. The van der Waals surface area contributed by atoms with Gasteiger partial charge >= 0.3 is 6.18 Å². The van der Waals surface area contributed by atoms with E-state index in [0.29, 0.717) is 22.1 Å². The van der Waals surface area contributed by atoms with Crippen LogP contribution in [0.25, 0.3) is 0 Å². The quantitative estimate of drug-likeness (QED) is 0.868. The van der Waals surface area contributed by atoms with Gasteiger partial charge in [-0.05, 0) is 43.0 Å². The van der Waals surface area contributed by atoms with Crippen LogP contribution in [0, 0.1) is 6.92 Å². The predicted molar refractivity (Wildman–Crippen MR) is 75.9 cm³/mol. The Morgan fingerprint density at radius 2 is 1.95 bits per heavy atom. The Hall–Kier alpha value is -0.680. The molecule has 0 bridgehead atoms. The number of rotatable bonds is 4. The maximum atomic E-state index is 12.6. The van der Waals surface area contributed by atoms with Crippen LogP contribution >= 0.6 is 11.8 Å². The van der Waals surface area contributed by atoms with Crippen molar-refractivity contribution in [3.63, 3.8) is 0 Å². The molecule has 1 aromatic rings. The number of aliphatic hydroxyl groups excluding tert-OH is 1. The summed E-state index contributed by atoms with van der Waals surface area (Å²) in [6.45, 7) is 1.62. The lowest BCUT2D eigenvalue weighted by atomic mass is 10.0. The summed E-state index contributed by atoms with van der Waals surface area (Å²) in [5.41, 5.74) is 0.442. The number of aliphatic hydroxyl groups is 1. The van der Waals surface area contributed by atoms with E-state index in [1.165, 1.54) is 31.7 Å². The van der Waals surface area contributed by atoms with E-state index < -0.39 is 17.8 Å². The average Bonchev–Trinajstić information content (AvgIpc) is 2.87. The Balaban J connectivity index is 2.00. The normalized spacial score (nSPS) is 18.4. The smallest absolute Gasteiger partial charge is 0.388 e. The molecule has 0 radical (unpaired) electrons. The van der Waals surface area contributed by atoms with Crippen LogP contribution in [-0.2, 0) is 6.18 Å². The molecule has 1 aliphatic carbocycles. The van der Waals surface area contributed by atoms with Crippen LogP contribution < -0.4 is 0 Å². The van der Waals surface area contributed by atoms with E-state index in [0.717, 1.165) is 12.1 Å². The van der Waals surface area contributed by atoms with Crippen LogP contribution in [0.4, 0.5) is 13.2 Å². The summed E-state index contributed by atoms with van der Waals surface area (Å²) >= 11 is 1.73. The van der Waals surface area contributed by atoms with Crippen molar-refractivity contribution in [2.75, 3.05) is 5.75 Å². The lowest BCUT2D eigenvalue weighted by molar-refractivity contribution is -0.137. The molecule has 112 valence electrons. The third-order valence-electron chi connectivity index (χ3n) is 3.75. The van der Waals surface area contributed by atoms with Gasteiger partial charge in [0.2, 0.25) is 0 Å². The minimum atomic E-state index is -4.33. The van der Waals surface area contributed by atoms with Gasteiger partial charge in [-0.1, -0.05) is 18.9 Å². The van der Waals surface area contributed by atoms with Gasteiger partial charge in [-0.3, -0.25) is 0 Å². The van der Waals surface area contributed by atoms with Gasteiger partial charge in [0.05, 0.1) is 11.7 Å². The van der Waals surface area contributed by atoms with Crippen molar-refractivity contribution in [2.24, 2.45) is 0 Å². The van der Waals surface area contributed by atoms with Gasteiger partial charge in [-0.25, -0.2) is 0 Å². The highest BCUT2D eigenvalue weighted by Crippen LogP contribution is 2.34. The van der Waals surface area contributed by atoms with Crippen LogP contribution in [0.2, 0.25) is 0 Å². The van der Waals surface area contributed by atoms with E-state index in [-0.39, 0.29) is 0 Å². The maximum Gasteiger partial charge on any atom is 0.416 e. The van der Waals surface area contributed by atoms with Gasteiger partial charge in [0.15, 0.2) is 0 Å². The van der Waals surface area contributed by atoms with Crippen molar-refractivity contribution in [2.45, 2.75) is 50.1 Å². The van der Waals surface area contributed by atoms with Crippen LogP contribution in [0.5, 0.6) is 0 Å². The van der Waals surface area contributed by atoms with E-state index in [9.17, 15) is 18.3 Å². The Morgan fingerprint density at radius 3 is 2.50 bits per heavy atom. The fraction of sp³-hybridized carbons (Fsp3) is 0.600. The molecule has 0 spiro atoms. The average molecular weight is 304 g/mol. The SMILES string of the molecule is Cc1cc(C(F)(F)F)ccc1C(O)CSC1CCCC1. The Bertz CT molecular complexity index is 453. The highest BCUT2D eigenvalue weighted by Gasteiger charge is 2.31. The monoisotopic (exact) mass is 304 g/mol. The number of benzene rings is 1. The molecule has 1 fully saturated rings. The fourth-order valence-electron chi connectivity index (χ4n) is 2.60. The summed E-state index contributed by atoms with van der Waals surface area (Å²) in [6.07, 6.45) is -0.164.